The second kappa shape index (κ2) is 11.0. The molecule has 15 heavy (non-hydrogen) atoms. The summed E-state index contributed by atoms with van der Waals surface area (Å²) in [5.41, 5.74) is -0.201. The van der Waals surface area contributed by atoms with Gasteiger partial charge < -0.3 is 9.17 Å². The van der Waals surface area contributed by atoms with E-state index in [2.05, 4.69) is 17.5 Å². The Labute approximate surface area is 143 Å². The molecule has 0 aliphatic carbocycles. The molecule has 0 saturated carbocycles. The summed E-state index contributed by atoms with van der Waals surface area (Å²) < 4.78 is 4.51. The van der Waals surface area contributed by atoms with Gasteiger partial charge in [0.2, 0.25) is 0 Å². The Kier molecular flexibility index (Phi) is 13.0. The molecular weight excluding hydrogens is 280 g/mol. The summed E-state index contributed by atoms with van der Waals surface area (Å²) in [7, 11) is 0. The van der Waals surface area contributed by atoms with Gasteiger partial charge in [-0.2, -0.15) is 0 Å². The SMILES string of the molecule is C=C/C=c1/c(=O)[n-]s/c1=C/C=C.CC.[Rb+]. The van der Waals surface area contributed by atoms with Crippen LogP contribution in [0.25, 0.3) is 12.2 Å². The van der Waals surface area contributed by atoms with E-state index in [1.165, 1.54) is 11.5 Å². The van der Waals surface area contributed by atoms with E-state index in [4.69, 9.17) is 0 Å². The normalized spacial score (nSPS) is 11.1. The quantitative estimate of drug-likeness (QED) is 0.633. The molecule has 4 heteroatoms. The van der Waals surface area contributed by atoms with Gasteiger partial charge in [-0.15, -0.1) is 0 Å². The van der Waals surface area contributed by atoms with Gasteiger partial charge in [-0.1, -0.05) is 45.2 Å². The zero-order chi connectivity index (χ0) is 11.0. The van der Waals surface area contributed by atoms with E-state index in [0.29, 0.717) is 5.22 Å². The van der Waals surface area contributed by atoms with Gasteiger partial charge >= 0.3 is 58.2 Å². The van der Waals surface area contributed by atoms with Gasteiger partial charge in [-0.25, -0.2) is 0 Å². The van der Waals surface area contributed by atoms with Gasteiger partial charge in [0.15, 0.2) is 0 Å². The number of aromatic nitrogens is 1. The molecule has 0 aliphatic rings. The fraction of sp³-hybridized carbons (Fsp3) is 0.182. The van der Waals surface area contributed by atoms with Crippen LogP contribution in [0.2, 0.25) is 0 Å². The van der Waals surface area contributed by atoms with Crippen molar-refractivity contribution in [3.8, 4) is 0 Å². The van der Waals surface area contributed by atoms with Crippen LogP contribution in [0, 0.1) is 0 Å². The van der Waals surface area contributed by atoms with E-state index >= 15 is 0 Å². The third-order valence-corrected chi connectivity index (χ3v) is 2.09. The van der Waals surface area contributed by atoms with Crippen molar-refractivity contribution in [2.75, 3.05) is 0 Å². The summed E-state index contributed by atoms with van der Waals surface area (Å²) in [4.78, 5) is 11.1. The summed E-state index contributed by atoms with van der Waals surface area (Å²) in [5, 5.41) is 0.593. The molecule has 76 valence electrons. The number of hydrogen-bond acceptors (Lipinski definition) is 2. The molecule has 1 aromatic rings. The van der Waals surface area contributed by atoms with Crippen LogP contribution < -0.4 is 77.9 Å². The maximum absolute atomic E-state index is 11.1. The molecule has 0 aromatic carbocycles. The van der Waals surface area contributed by atoms with Crippen molar-refractivity contribution >= 4 is 23.7 Å². The minimum absolute atomic E-state index is 0. The summed E-state index contributed by atoms with van der Waals surface area (Å²) in [6, 6.07) is 0. The largest absolute Gasteiger partial charge is 1.00 e. The van der Waals surface area contributed by atoms with Gasteiger partial charge in [0, 0.05) is 9.75 Å². The minimum atomic E-state index is -0.201. The van der Waals surface area contributed by atoms with Crippen molar-refractivity contribution in [3.05, 3.63) is 45.4 Å². The van der Waals surface area contributed by atoms with Gasteiger partial charge in [-0.3, -0.25) is 11.5 Å². The first-order chi connectivity index (χ1) is 6.79. The van der Waals surface area contributed by atoms with E-state index in [0.717, 1.165) is 4.53 Å². The molecule has 0 fully saturated rings. The summed E-state index contributed by atoms with van der Waals surface area (Å²) in [5.74, 6) is 0. The predicted octanol–water partition coefficient (Wildman–Crippen LogP) is -1.97. The molecule has 0 unspecified atom stereocenters. The molecular formula is C11H14NORbS. The van der Waals surface area contributed by atoms with Crippen LogP contribution in [-0.2, 0) is 0 Å². The van der Waals surface area contributed by atoms with E-state index in [1.54, 1.807) is 24.3 Å². The van der Waals surface area contributed by atoms with Crippen LogP contribution in [0.3, 0.4) is 0 Å². The molecule has 1 aromatic heterocycles. The zero-order valence-electron chi connectivity index (χ0n) is 9.49. The van der Waals surface area contributed by atoms with E-state index in [-0.39, 0.29) is 63.7 Å². The smallest absolute Gasteiger partial charge is 0.576 e. The van der Waals surface area contributed by atoms with E-state index in [1.807, 2.05) is 13.8 Å². The second-order valence-electron chi connectivity index (χ2n) is 2.07. The Hall–Kier alpha value is 0.455. The topological polar surface area (TPSA) is 31.2 Å². The third-order valence-electron chi connectivity index (χ3n) is 1.28. The van der Waals surface area contributed by atoms with E-state index < -0.39 is 0 Å². The molecule has 0 amide bonds. The van der Waals surface area contributed by atoms with Crippen molar-refractivity contribution < 1.29 is 58.2 Å². The predicted molar refractivity (Wildman–Crippen MR) is 63.8 cm³/mol. The maximum Gasteiger partial charge on any atom is 1.00 e. The van der Waals surface area contributed by atoms with Crippen LogP contribution in [0.1, 0.15) is 13.8 Å². The molecule has 0 radical (unpaired) electrons. The summed E-state index contributed by atoms with van der Waals surface area (Å²) in [6.45, 7) is 11.1. The van der Waals surface area contributed by atoms with Crippen molar-refractivity contribution in [2.24, 2.45) is 0 Å². The molecule has 2 nitrogen and oxygen atoms in total. The standard InChI is InChI=1S/C9H9NOS.C2H6.Rb/c1-3-5-7-8(6-4-2)12-10-9(7)11;1-2;/h3-6H,1-2H2,(H,10,11);1-2H3;/q;;+1/p-1/b7-5+,8-6+;;. The fourth-order valence-corrected chi connectivity index (χ4v) is 1.48. The van der Waals surface area contributed by atoms with Crippen LogP contribution >= 0.6 is 11.5 Å². The molecule has 0 saturated heterocycles. The average Bonchev–Trinajstić information content (AvgIpc) is 2.54. The average molecular weight is 294 g/mol. The Bertz CT molecular complexity index is 456. The van der Waals surface area contributed by atoms with Gasteiger partial charge in [0.25, 0.3) is 0 Å². The first-order valence-electron chi connectivity index (χ1n) is 4.37. The van der Waals surface area contributed by atoms with Crippen LogP contribution in [0.5, 0.6) is 0 Å². The minimum Gasteiger partial charge on any atom is -0.576 e. The second-order valence-corrected chi connectivity index (χ2v) is 2.88. The summed E-state index contributed by atoms with van der Waals surface area (Å²) >= 11 is 1.17. The Morgan fingerprint density at radius 1 is 1.20 bits per heavy atom. The molecule has 1 rings (SSSR count). The van der Waals surface area contributed by atoms with Crippen molar-refractivity contribution in [2.45, 2.75) is 13.8 Å². The molecule has 0 spiro atoms. The van der Waals surface area contributed by atoms with Gasteiger partial charge in [-0.05, 0) is 6.08 Å². The Morgan fingerprint density at radius 2 is 1.73 bits per heavy atom. The molecule has 0 N–H and O–H groups in total. The summed E-state index contributed by atoms with van der Waals surface area (Å²) in [6.07, 6.45) is 6.62. The number of rotatable bonds is 2. The number of hydrogen-bond donors (Lipinski definition) is 0. The molecule has 0 aliphatic heterocycles. The first kappa shape index (κ1) is 17.8. The van der Waals surface area contributed by atoms with Crippen molar-refractivity contribution in [1.29, 1.82) is 0 Å². The zero-order valence-corrected chi connectivity index (χ0v) is 15.2. The van der Waals surface area contributed by atoms with Gasteiger partial charge in [0.05, 0.1) is 5.56 Å². The van der Waals surface area contributed by atoms with Crippen molar-refractivity contribution in [3.63, 3.8) is 0 Å². The van der Waals surface area contributed by atoms with Crippen molar-refractivity contribution in [1.82, 2.24) is 4.37 Å². The third kappa shape index (κ3) is 5.92. The van der Waals surface area contributed by atoms with Gasteiger partial charge in [0.1, 0.15) is 0 Å². The Morgan fingerprint density at radius 3 is 2.20 bits per heavy atom. The number of nitrogens with zero attached hydrogens (tertiary/aromatic N) is 1. The Balaban J connectivity index is 0. The van der Waals surface area contributed by atoms with Crippen LogP contribution in [0.4, 0.5) is 0 Å². The molecule has 1 heterocycles. The monoisotopic (exact) mass is 293 g/mol. The maximum atomic E-state index is 11.1. The van der Waals surface area contributed by atoms with Crippen LogP contribution in [-0.4, -0.2) is 0 Å². The molecule has 0 bridgehead atoms. The molecule has 0 atom stereocenters. The number of allylic oxidation sites excluding steroid dienone is 2. The fourth-order valence-electron chi connectivity index (χ4n) is 0.793. The van der Waals surface area contributed by atoms with Crippen LogP contribution in [0.15, 0.2) is 30.1 Å². The van der Waals surface area contributed by atoms with E-state index in [9.17, 15) is 4.79 Å². The first-order valence-corrected chi connectivity index (χ1v) is 5.15.